The van der Waals surface area contributed by atoms with Gasteiger partial charge in [0.25, 0.3) is 0 Å². The van der Waals surface area contributed by atoms with E-state index in [-0.39, 0.29) is 0 Å². The summed E-state index contributed by atoms with van der Waals surface area (Å²) in [5.41, 5.74) is 2.77. The number of hydrogen-bond acceptors (Lipinski definition) is 3. The van der Waals surface area contributed by atoms with Gasteiger partial charge in [-0.3, -0.25) is 0 Å². The molecule has 0 atom stereocenters. The Kier molecular flexibility index (Phi) is 3.57. The maximum absolute atomic E-state index is 4.28. The van der Waals surface area contributed by atoms with Crippen LogP contribution >= 0.6 is 11.3 Å². The number of benzene rings is 1. The predicted molar refractivity (Wildman–Crippen MR) is 70.2 cm³/mol. The highest BCUT2D eigenvalue weighted by Gasteiger charge is 1.99. The van der Waals surface area contributed by atoms with Crippen molar-refractivity contribution in [3.8, 4) is 0 Å². The maximum Gasteiger partial charge on any atom is 0.182 e. The first kappa shape index (κ1) is 11.1. The quantitative estimate of drug-likeness (QED) is 0.873. The van der Waals surface area contributed by atoms with E-state index in [4.69, 9.17) is 0 Å². The maximum atomic E-state index is 4.28. The number of thiazole rings is 1. The molecule has 1 aromatic carbocycles. The van der Waals surface area contributed by atoms with Crippen molar-refractivity contribution >= 4 is 16.5 Å². The van der Waals surface area contributed by atoms with Crippen LogP contribution in [0.15, 0.2) is 30.5 Å². The summed E-state index contributed by atoms with van der Waals surface area (Å²) in [7, 11) is 0. The molecule has 2 rings (SSSR count). The van der Waals surface area contributed by atoms with Crippen LogP contribution in [0.5, 0.6) is 0 Å². The minimum Gasteiger partial charge on any atom is -0.361 e. The Morgan fingerprint density at radius 3 is 2.75 bits per heavy atom. The van der Waals surface area contributed by atoms with E-state index in [1.165, 1.54) is 16.0 Å². The van der Waals surface area contributed by atoms with Gasteiger partial charge >= 0.3 is 0 Å². The van der Waals surface area contributed by atoms with Crippen molar-refractivity contribution in [1.82, 2.24) is 4.98 Å². The van der Waals surface area contributed by atoms with Crippen LogP contribution in [0.1, 0.15) is 16.0 Å². The molecule has 1 aromatic heterocycles. The van der Waals surface area contributed by atoms with Gasteiger partial charge < -0.3 is 5.32 Å². The summed E-state index contributed by atoms with van der Waals surface area (Å²) >= 11 is 1.70. The van der Waals surface area contributed by atoms with Gasteiger partial charge in [0, 0.05) is 17.6 Å². The second-order valence-electron chi connectivity index (χ2n) is 3.88. The van der Waals surface area contributed by atoms with E-state index in [9.17, 15) is 0 Å². The van der Waals surface area contributed by atoms with Crippen LogP contribution in [0.25, 0.3) is 0 Å². The van der Waals surface area contributed by atoms with Gasteiger partial charge in [-0.25, -0.2) is 4.98 Å². The van der Waals surface area contributed by atoms with Crippen molar-refractivity contribution in [2.45, 2.75) is 20.3 Å². The first-order chi connectivity index (χ1) is 7.75. The summed E-state index contributed by atoms with van der Waals surface area (Å²) in [5, 5.41) is 4.37. The van der Waals surface area contributed by atoms with Crippen LogP contribution in [0.4, 0.5) is 5.13 Å². The summed E-state index contributed by atoms with van der Waals surface area (Å²) in [6.45, 7) is 5.17. The van der Waals surface area contributed by atoms with Crippen LogP contribution in [0.2, 0.25) is 0 Å². The van der Waals surface area contributed by atoms with Gasteiger partial charge in [-0.2, -0.15) is 0 Å². The highest BCUT2D eigenvalue weighted by molar-refractivity contribution is 7.15. The highest BCUT2D eigenvalue weighted by atomic mass is 32.1. The van der Waals surface area contributed by atoms with Gasteiger partial charge in [0.2, 0.25) is 0 Å². The Labute approximate surface area is 100 Å². The Hall–Kier alpha value is -1.35. The molecule has 0 saturated carbocycles. The Morgan fingerprint density at radius 2 is 2.06 bits per heavy atom. The summed E-state index contributed by atoms with van der Waals surface area (Å²) in [6.07, 6.45) is 2.95. The summed E-state index contributed by atoms with van der Waals surface area (Å²) in [6, 6.07) is 8.51. The van der Waals surface area contributed by atoms with Crippen molar-refractivity contribution in [2.75, 3.05) is 11.9 Å². The number of hydrogen-bond donors (Lipinski definition) is 1. The summed E-state index contributed by atoms with van der Waals surface area (Å²) in [5.74, 6) is 0. The number of aryl methyl sites for hydroxylation is 2. The SMILES string of the molecule is Cc1cnc(NCCc2ccccc2C)s1. The lowest BCUT2D eigenvalue weighted by atomic mass is 10.1. The average Bonchev–Trinajstić information content (AvgIpc) is 2.67. The van der Waals surface area contributed by atoms with Crippen molar-refractivity contribution < 1.29 is 0 Å². The van der Waals surface area contributed by atoms with Crippen molar-refractivity contribution in [2.24, 2.45) is 0 Å². The Balaban J connectivity index is 1.87. The average molecular weight is 232 g/mol. The van der Waals surface area contributed by atoms with Gasteiger partial charge in [0.1, 0.15) is 0 Å². The third-order valence-corrected chi connectivity index (χ3v) is 3.42. The van der Waals surface area contributed by atoms with E-state index < -0.39 is 0 Å². The number of nitrogens with zero attached hydrogens (tertiary/aromatic N) is 1. The molecule has 16 heavy (non-hydrogen) atoms. The molecule has 0 unspecified atom stereocenters. The molecule has 0 fully saturated rings. The minimum atomic E-state index is 0.942. The van der Waals surface area contributed by atoms with Gasteiger partial charge in [-0.05, 0) is 31.4 Å². The standard InChI is InChI=1S/C13H16N2S/c1-10-5-3-4-6-12(10)7-8-14-13-15-9-11(2)16-13/h3-6,9H,7-8H2,1-2H3,(H,14,15). The molecule has 2 aromatic rings. The highest BCUT2D eigenvalue weighted by Crippen LogP contribution is 2.16. The van der Waals surface area contributed by atoms with Crippen LogP contribution in [0, 0.1) is 13.8 Å². The fraction of sp³-hybridized carbons (Fsp3) is 0.308. The van der Waals surface area contributed by atoms with Crippen molar-refractivity contribution in [1.29, 1.82) is 0 Å². The number of aromatic nitrogens is 1. The van der Waals surface area contributed by atoms with Crippen LogP contribution in [-0.2, 0) is 6.42 Å². The van der Waals surface area contributed by atoms with E-state index in [2.05, 4.69) is 48.4 Å². The number of nitrogens with one attached hydrogen (secondary N) is 1. The third kappa shape index (κ3) is 2.83. The van der Waals surface area contributed by atoms with Crippen LogP contribution in [-0.4, -0.2) is 11.5 Å². The van der Waals surface area contributed by atoms with E-state index in [1.807, 2.05) is 6.20 Å². The first-order valence-corrected chi connectivity index (χ1v) is 6.28. The number of anilines is 1. The molecule has 0 bridgehead atoms. The molecule has 0 spiro atoms. The summed E-state index contributed by atoms with van der Waals surface area (Å²) in [4.78, 5) is 5.53. The molecule has 0 radical (unpaired) electrons. The minimum absolute atomic E-state index is 0.942. The molecule has 0 aliphatic carbocycles. The zero-order valence-electron chi connectivity index (χ0n) is 9.66. The lowest BCUT2D eigenvalue weighted by Crippen LogP contribution is -2.05. The topological polar surface area (TPSA) is 24.9 Å². The molecule has 2 nitrogen and oxygen atoms in total. The lowest BCUT2D eigenvalue weighted by Gasteiger charge is -2.05. The Morgan fingerprint density at radius 1 is 1.25 bits per heavy atom. The van der Waals surface area contributed by atoms with E-state index in [1.54, 1.807) is 11.3 Å². The zero-order chi connectivity index (χ0) is 11.4. The molecule has 0 amide bonds. The first-order valence-electron chi connectivity index (χ1n) is 5.46. The van der Waals surface area contributed by atoms with Gasteiger partial charge in [-0.1, -0.05) is 24.3 Å². The van der Waals surface area contributed by atoms with Crippen LogP contribution in [0.3, 0.4) is 0 Å². The molecule has 3 heteroatoms. The Bertz CT molecular complexity index is 462. The van der Waals surface area contributed by atoms with Crippen LogP contribution < -0.4 is 5.32 Å². The van der Waals surface area contributed by atoms with Crippen molar-refractivity contribution in [3.63, 3.8) is 0 Å². The predicted octanol–water partition coefficient (Wildman–Crippen LogP) is 3.41. The van der Waals surface area contributed by atoms with Gasteiger partial charge in [-0.15, -0.1) is 11.3 Å². The molecule has 84 valence electrons. The van der Waals surface area contributed by atoms with E-state index in [0.29, 0.717) is 0 Å². The molecule has 1 heterocycles. The van der Waals surface area contributed by atoms with Gasteiger partial charge in [0.05, 0.1) is 0 Å². The fourth-order valence-electron chi connectivity index (χ4n) is 1.63. The normalized spacial score (nSPS) is 10.4. The third-order valence-electron chi connectivity index (χ3n) is 2.55. The largest absolute Gasteiger partial charge is 0.361 e. The second-order valence-corrected chi connectivity index (χ2v) is 5.11. The molecule has 0 saturated heterocycles. The molecule has 0 aliphatic rings. The molecule has 0 aliphatic heterocycles. The smallest absolute Gasteiger partial charge is 0.182 e. The molecular weight excluding hydrogens is 216 g/mol. The summed E-state index contributed by atoms with van der Waals surface area (Å²) < 4.78 is 0. The van der Waals surface area contributed by atoms with E-state index in [0.717, 1.165) is 18.1 Å². The number of rotatable bonds is 4. The zero-order valence-corrected chi connectivity index (χ0v) is 10.5. The van der Waals surface area contributed by atoms with Gasteiger partial charge in [0.15, 0.2) is 5.13 Å². The molecule has 1 N–H and O–H groups in total. The lowest BCUT2D eigenvalue weighted by molar-refractivity contribution is 1.00. The second kappa shape index (κ2) is 5.12. The van der Waals surface area contributed by atoms with E-state index >= 15 is 0 Å². The fourth-order valence-corrected chi connectivity index (χ4v) is 2.32. The van der Waals surface area contributed by atoms with Crippen molar-refractivity contribution in [3.05, 3.63) is 46.5 Å². The molecular formula is C13H16N2S. The monoisotopic (exact) mass is 232 g/mol.